The molecule has 1 aliphatic rings. The van der Waals surface area contributed by atoms with Gasteiger partial charge in [0.2, 0.25) is 11.8 Å². The Balaban J connectivity index is 1.64. The molecule has 2 amide bonds. The first-order chi connectivity index (χ1) is 12.5. The highest BCUT2D eigenvalue weighted by Gasteiger charge is 2.35. The zero-order chi connectivity index (χ0) is 18.7. The van der Waals surface area contributed by atoms with Crippen LogP contribution in [0.4, 0.5) is 17.1 Å². The van der Waals surface area contributed by atoms with Crippen molar-refractivity contribution in [3.63, 3.8) is 0 Å². The largest absolute Gasteiger partial charge is 0.378 e. The fourth-order valence-electron chi connectivity index (χ4n) is 3.13. The van der Waals surface area contributed by atoms with Crippen molar-refractivity contribution in [2.75, 3.05) is 35.8 Å². The van der Waals surface area contributed by atoms with Gasteiger partial charge in [-0.3, -0.25) is 9.59 Å². The zero-order valence-corrected chi connectivity index (χ0v) is 15.5. The van der Waals surface area contributed by atoms with Crippen molar-refractivity contribution in [2.45, 2.75) is 19.8 Å². The topological polar surface area (TPSA) is 52.7 Å². The average Bonchev–Trinajstić information content (AvgIpc) is 3.04. The predicted octanol–water partition coefficient (Wildman–Crippen LogP) is 3.31. The number of anilines is 3. The summed E-state index contributed by atoms with van der Waals surface area (Å²) in [6.07, 6.45) is 1.21. The summed E-state index contributed by atoms with van der Waals surface area (Å²) in [5.41, 5.74) is 3.91. The molecule has 3 rings (SSSR count). The van der Waals surface area contributed by atoms with Crippen LogP contribution in [0.15, 0.2) is 48.5 Å². The van der Waals surface area contributed by atoms with E-state index >= 15 is 0 Å². The van der Waals surface area contributed by atoms with Crippen LogP contribution in [0.5, 0.6) is 0 Å². The number of rotatable bonds is 5. The van der Waals surface area contributed by atoms with E-state index in [9.17, 15) is 9.59 Å². The number of carbonyl (C=O) groups excluding carboxylic acids is 2. The van der Waals surface area contributed by atoms with Gasteiger partial charge in [-0.1, -0.05) is 19.1 Å². The second-order valence-electron chi connectivity index (χ2n) is 6.86. The Morgan fingerprint density at radius 2 is 1.77 bits per heavy atom. The first-order valence-corrected chi connectivity index (χ1v) is 8.95. The van der Waals surface area contributed by atoms with Crippen LogP contribution >= 0.6 is 0 Å². The molecule has 0 unspecified atom stereocenters. The molecule has 0 bridgehead atoms. The lowest BCUT2D eigenvalue weighted by Crippen LogP contribution is -2.28. The molecule has 5 nitrogen and oxygen atoms in total. The maximum Gasteiger partial charge on any atom is 0.229 e. The molecule has 0 spiro atoms. The van der Waals surface area contributed by atoms with Gasteiger partial charge in [-0.2, -0.15) is 0 Å². The van der Waals surface area contributed by atoms with Gasteiger partial charge in [-0.25, -0.2) is 0 Å². The molecule has 0 aromatic heterocycles. The summed E-state index contributed by atoms with van der Waals surface area (Å²) in [6, 6.07) is 15.6. The van der Waals surface area contributed by atoms with Crippen LogP contribution in [0.25, 0.3) is 0 Å². The van der Waals surface area contributed by atoms with Crippen LogP contribution in [0.3, 0.4) is 0 Å². The van der Waals surface area contributed by atoms with Crippen LogP contribution in [0.1, 0.15) is 18.9 Å². The van der Waals surface area contributed by atoms with Gasteiger partial charge in [0.1, 0.15) is 0 Å². The number of benzene rings is 2. The molecule has 0 radical (unpaired) electrons. The monoisotopic (exact) mass is 351 g/mol. The van der Waals surface area contributed by atoms with Gasteiger partial charge in [0.15, 0.2) is 0 Å². The van der Waals surface area contributed by atoms with E-state index < -0.39 is 0 Å². The number of nitrogens with one attached hydrogen (secondary N) is 1. The second-order valence-corrected chi connectivity index (χ2v) is 6.86. The summed E-state index contributed by atoms with van der Waals surface area (Å²) in [6.45, 7) is 2.52. The van der Waals surface area contributed by atoms with Crippen molar-refractivity contribution in [1.82, 2.24) is 0 Å². The molecule has 1 aliphatic heterocycles. The molecule has 5 heteroatoms. The van der Waals surface area contributed by atoms with E-state index in [-0.39, 0.29) is 24.2 Å². The summed E-state index contributed by atoms with van der Waals surface area (Å²) in [7, 11) is 3.94. The highest BCUT2D eigenvalue weighted by atomic mass is 16.2. The molecular formula is C21H25N3O2. The Morgan fingerprint density at radius 3 is 2.35 bits per heavy atom. The fourth-order valence-corrected chi connectivity index (χ4v) is 3.13. The van der Waals surface area contributed by atoms with E-state index in [1.54, 1.807) is 4.90 Å². The van der Waals surface area contributed by atoms with Crippen molar-refractivity contribution in [2.24, 2.45) is 5.92 Å². The minimum absolute atomic E-state index is 0.00245. The van der Waals surface area contributed by atoms with Crippen LogP contribution in [0, 0.1) is 5.92 Å². The third-order valence-electron chi connectivity index (χ3n) is 4.80. The van der Waals surface area contributed by atoms with Crippen molar-refractivity contribution in [3.8, 4) is 0 Å². The molecule has 26 heavy (non-hydrogen) atoms. The first kappa shape index (κ1) is 18.0. The second kappa shape index (κ2) is 7.60. The Labute approximate surface area is 154 Å². The Hall–Kier alpha value is -2.82. The van der Waals surface area contributed by atoms with E-state index in [2.05, 4.69) is 12.2 Å². The Morgan fingerprint density at radius 1 is 1.12 bits per heavy atom. The SMILES string of the molecule is CCc1ccc(N2C[C@H](C(=O)Nc3ccc(N(C)C)cc3)CC2=O)cc1. The standard InChI is InChI=1S/C21H25N3O2/c1-4-15-5-9-19(10-6-15)24-14-16(13-20(24)25)21(26)22-17-7-11-18(12-8-17)23(2)3/h5-12,16H,4,13-14H2,1-3H3,(H,22,26)/t16-/m1/s1. The quantitative estimate of drug-likeness (QED) is 0.899. The lowest BCUT2D eigenvalue weighted by atomic mass is 10.1. The first-order valence-electron chi connectivity index (χ1n) is 8.95. The summed E-state index contributed by atoms with van der Waals surface area (Å²) in [4.78, 5) is 28.6. The minimum Gasteiger partial charge on any atom is -0.378 e. The van der Waals surface area contributed by atoms with Crippen LogP contribution in [-0.2, 0) is 16.0 Å². The number of hydrogen-bond acceptors (Lipinski definition) is 3. The molecule has 136 valence electrons. The summed E-state index contributed by atoms with van der Waals surface area (Å²) in [5, 5.41) is 2.92. The van der Waals surface area contributed by atoms with Gasteiger partial charge >= 0.3 is 0 Å². The number of carbonyl (C=O) groups is 2. The van der Waals surface area contributed by atoms with E-state index in [0.717, 1.165) is 23.5 Å². The molecule has 0 aliphatic carbocycles. The van der Waals surface area contributed by atoms with Crippen molar-refractivity contribution in [1.29, 1.82) is 0 Å². The predicted molar refractivity (Wildman–Crippen MR) is 106 cm³/mol. The van der Waals surface area contributed by atoms with Crippen LogP contribution in [-0.4, -0.2) is 32.5 Å². The van der Waals surface area contributed by atoms with E-state index in [1.807, 2.05) is 67.5 Å². The summed E-state index contributed by atoms with van der Waals surface area (Å²) in [5.74, 6) is -0.442. The highest BCUT2D eigenvalue weighted by Crippen LogP contribution is 2.26. The van der Waals surface area contributed by atoms with Gasteiger partial charge in [-0.15, -0.1) is 0 Å². The summed E-state index contributed by atoms with van der Waals surface area (Å²) < 4.78 is 0. The maximum absolute atomic E-state index is 12.6. The Bertz CT molecular complexity index is 782. The van der Waals surface area contributed by atoms with E-state index in [1.165, 1.54) is 5.56 Å². The number of amides is 2. The van der Waals surface area contributed by atoms with E-state index in [0.29, 0.717) is 6.54 Å². The fraction of sp³-hybridized carbons (Fsp3) is 0.333. The molecular weight excluding hydrogens is 326 g/mol. The van der Waals surface area contributed by atoms with Crippen LogP contribution < -0.4 is 15.1 Å². The van der Waals surface area contributed by atoms with Gasteiger partial charge in [0, 0.05) is 44.1 Å². The highest BCUT2D eigenvalue weighted by molar-refractivity contribution is 6.03. The maximum atomic E-state index is 12.6. The minimum atomic E-state index is -0.332. The zero-order valence-electron chi connectivity index (χ0n) is 15.5. The number of aryl methyl sites for hydroxylation is 1. The van der Waals surface area contributed by atoms with Crippen LogP contribution in [0.2, 0.25) is 0 Å². The van der Waals surface area contributed by atoms with E-state index in [4.69, 9.17) is 0 Å². The molecule has 1 N–H and O–H groups in total. The normalized spacial score (nSPS) is 16.7. The molecule has 1 heterocycles. The lowest BCUT2D eigenvalue weighted by molar-refractivity contribution is -0.122. The average molecular weight is 351 g/mol. The molecule has 1 saturated heterocycles. The number of hydrogen-bond donors (Lipinski definition) is 1. The van der Waals surface area contributed by atoms with Crippen molar-refractivity contribution >= 4 is 28.9 Å². The third-order valence-corrected chi connectivity index (χ3v) is 4.80. The van der Waals surface area contributed by atoms with Crippen molar-refractivity contribution in [3.05, 3.63) is 54.1 Å². The number of nitrogens with zero attached hydrogens (tertiary/aromatic N) is 2. The molecule has 1 fully saturated rings. The van der Waals surface area contributed by atoms with Gasteiger partial charge in [-0.05, 0) is 48.4 Å². The third kappa shape index (κ3) is 3.87. The lowest BCUT2D eigenvalue weighted by Gasteiger charge is -2.17. The smallest absolute Gasteiger partial charge is 0.229 e. The van der Waals surface area contributed by atoms with Crippen molar-refractivity contribution < 1.29 is 9.59 Å². The van der Waals surface area contributed by atoms with Gasteiger partial charge in [0.05, 0.1) is 5.92 Å². The molecule has 2 aromatic carbocycles. The molecule has 1 atom stereocenters. The van der Waals surface area contributed by atoms with Gasteiger partial charge in [0.25, 0.3) is 0 Å². The molecule has 2 aromatic rings. The molecule has 0 saturated carbocycles. The van der Waals surface area contributed by atoms with Gasteiger partial charge < -0.3 is 15.1 Å². The summed E-state index contributed by atoms with van der Waals surface area (Å²) >= 11 is 0. The Kier molecular flexibility index (Phi) is 5.26.